The van der Waals surface area contributed by atoms with Crippen molar-refractivity contribution in [1.29, 1.82) is 0 Å². The van der Waals surface area contributed by atoms with Gasteiger partial charge in [-0.25, -0.2) is 4.79 Å². The van der Waals surface area contributed by atoms with E-state index in [-0.39, 0.29) is 0 Å². The van der Waals surface area contributed by atoms with Crippen LogP contribution in [0.15, 0.2) is 42.5 Å². The first-order valence-electron chi connectivity index (χ1n) is 6.20. The monoisotopic (exact) mass is 274 g/mol. The molecule has 1 unspecified atom stereocenters. The molecular weight excluding hydrogens is 260 g/mol. The van der Waals surface area contributed by atoms with Crippen LogP contribution in [0.2, 0.25) is 0 Å². The van der Waals surface area contributed by atoms with Crippen LogP contribution in [0.1, 0.15) is 17.7 Å². The molecule has 1 atom stereocenters. The number of aliphatic hydroxyl groups excluding tert-OH is 1. The lowest BCUT2D eigenvalue weighted by atomic mass is 9.97. The minimum atomic E-state index is -1.30. The number of carbonyl (C=O) groups is 1. The number of benzene rings is 1. The van der Waals surface area contributed by atoms with Crippen molar-refractivity contribution in [3.8, 4) is 10.4 Å². The molecule has 3 rings (SSSR count). The van der Waals surface area contributed by atoms with Gasteiger partial charge in [0.2, 0.25) is 0 Å². The van der Waals surface area contributed by atoms with Crippen LogP contribution >= 0.6 is 11.3 Å². The third kappa shape index (κ3) is 2.07. The standard InChI is InChI=1S/C15H14O3S/c16-13(14(17)18)15(8-9-15)12-7-6-11(19-12)10-4-2-1-3-5-10/h1-7,13,16H,8-9H2,(H,17,18). The molecule has 1 aliphatic carbocycles. The van der Waals surface area contributed by atoms with Crippen molar-refractivity contribution in [2.45, 2.75) is 24.4 Å². The van der Waals surface area contributed by atoms with E-state index in [4.69, 9.17) is 5.11 Å². The van der Waals surface area contributed by atoms with Crippen molar-refractivity contribution >= 4 is 17.3 Å². The molecule has 0 spiro atoms. The van der Waals surface area contributed by atoms with E-state index in [1.54, 1.807) is 11.3 Å². The van der Waals surface area contributed by atoms with Gasteiger partial charge in [0.15, 0.2) is 6.10 Å². The molecule has 1 fully saturated rings. The van der Waals surface area contributed by atoms with Gasteiger partial charge in [0.25, 0.3) is 0 Å². The fourth-order valence-corrected chi connectivity index (χ4v) is 3.67. The zero-order chi connectivity index (χ0) is 13.5. The van der Waals surface area contributed by atoms with Crippen molar-refractivity contribution in [3.05, 3.63) is 47.3 Å². The van der Waals surface area contributed by atoms with Crippen molar-refractivity contribution < 1.29 is 15.0 Å². The largest absolute Gasteiger partial charge is 0.479 e. The number of aliphatic hydroxyl groups is 1. The lowest BCUT2D eigenvalue weighted by molar-refractivity contribution is -0.148. The van der Waals surface area contributed by atoms with Crippen LogP contribution in [-0.2, 0) is 10.2 Å². The molecule has 3 nitrogen and oxygen atoms in total. The van der Waals surface area contributed by atoms with Crippen LogP contribution in [0.5, 0.6) is 0 Å². The summed E-state index contributed by atoms with van der Waals surface area (Å²) < 4.78 is 0. The average Bonchev–Trinajstić information content (AvgIpc) is 3.09. The van der Waals surface area contributed by atoms with Crippen LogP contribution in [-0.4, -0.2) is 22.3 Å². The maximum absolute atomic E-state index is 11.0. The summed E-state index contributed by atoms with van der Waals surface area (Å²) in [5.41, 5.74) is 0.572. The summed E-state index contributed by atoms with van der Waals surface area (Å²) in [4.78, 5) is 13.1. The molecule has 1 aromatic heterocycles. The molecule has 1 saturated carbocycles. The lowest BCUT2D eigenvalue weighted by Crippen LogP contribution is -2.33. The van der Waals surface area contributed by atoms with Crippen molar-refractivity contribution in [2.75, 3.05) is 0 Å². The number of carboxylic acid groups (broad SMARTS) is 1. The molecule has 1 aliphatic rings. The first-order valence-corrected chi connectivity index (χ1v) is 7.02. The Balaban J connectivity index is 1.92. The fourth-order valence-electron chi connectivity index (χ4n) is 2.39. The van der Waals surface area contributed by atoms with E-state index in [0.717, 1.165) is 28.2 Å². The van der Waals surface area contributed by atoms with Gasteiger partial charge in [-0.2, -0.15) is 0 Å². The van der Waals surface area contributed by atoms with Gasteiger partial charge in [0.05, 0.1) is 0 Å². The Morgan fingerprint density at radius 3 is 2.42 bits per heavy atom. The molecule has 4 heteroatoms. The Bertz CT molecular complexity index is 599. The quantitative estimate of drug-likeness (QED) is 0.901. The Labute approximate surface area is 115 Å². The van der Waals surface area contributed by atoms with Crippen LogP contribution < -0.4 is 0 Å². The summed E-state index contributed by atoms with van der Waals surface area (Å²) in [7, 11) is 0. The van der Waals surface area contributed by atoms with E-state index in [1.807, 2.05) is 42.5 Å². The maximum Gasteiger partial charge on any atom is 0.333 e. The van der Waals surface area contributed by atoms with Crippen LogP contribution in [0.4, 0.5) is 0 Å². The summed E-state index contributed by atoms with van der Waals surface area (Å²) in [5.74, 6) is -1.13. The average molecular weight is 274 g/mol. The van der Waals surface area contributed by atoms with Gasteiger partial charge >= 0.3 is 5.97 Å². The molecule has 0 aliphatic heterocycles. The van der Waals surface area contributed by atoms with Gasteiger partial charge in [-0.05, 0) is 30.5 Å². The SMILES string of the molecule is O=C(O)C(O)C1(c2ccc(-c3ccccc3)s2)CC1. The van der Waals surface area contributed by atoms with Crippen LogP contribution in [0.3, 0.4) is 0 Å². The molecule has 19 heavy (non-hydrogen) atoms. The molecule has 0 amide bonds. The van der Waals surface area contributed by atoms with Gasteiger partial charge in [0, 0.05) is 15.2 Å². The molecule has 0 bridgehead atoms. The van der Waals surface area contributed by atoms with E-state index < -0.39 is 17.5 Å². The van der Waals surface area contributed by atoms with E-state index in [1.165, 1.54) is 0 Å². The zero-order valence-corrected chi connectivity index (χ0v) is 11.1. The molecule has 1 heterocycles. The van der Waals surface area contributed by atoms with Gasteiger partial charge in [-0.15, -0.1) is 11.3 Å². The predicted molar refractivity (Wildman–Crippen MR) is 74.3 cm³/mol. The predicted octanol–water partition coefficient (Wildman–Crippen LogP) is 2.89. The van der Waals surface area contributed by atoms with Crippen LogP contribution in [0.25, 0.3) is 10.4 Å². The minimum absolute atomic E-state index is 0.552. The number of aliphatic carboxylic acids is 1. The van der Waals surface area contributed by atoms with E-state index >= 15 is 0 Å². The Kier molecular flexibility index (Phi) is 2.92. The maximum atomic E-state index is 11.0. The second-order valence-electron chi connectivity index (χ2n) is 4.93. The molecule has 1 aromatic carbocycles. The van der Waals surface area contributed by atoms with Gasteiger partial charge in [0.1, 0.15) is 0 Å². The number of hydrogen-bond donors (Lipinski definition) is 2. The minimum Gasteiger partial charge on any atom is -0.479 e. The van der Waals surface area contributed by atoms with E-state index in [2.05, 4.69) is 0 Å². The second-order valence-corrected chi connectivity index (χ2v) is 6.01. The highest BCUT2D eigenvalue weighted by atomic mass is 32.1. The van der Waals surface area contributed by atoms with E-state index in [0.29, 0.717) is 0 Å². The first kappa shape index (κ1) is 12.4. The Hall–Kier alpha value is -1.65. The third-order valence-corrected chi connectivity index (χ3v) is 5.06. The number of carboxylic acids is 1. The van der Waals surface area contributed by atoms with Crippen molar-refractivity contribution in [3.63, 3.8) is 0 Å². The number of hydrogen-bond acceptors (Lipinski definition) is 3. The summed E-state index contributed by atoms with van der Waals surface area (Å²) in [6, 6.07) is 13.9. The smallest absolute Gasteiger partial charge is 0.333 e. The van der Waals surface area contributed by atoms with Gasteiger partial charge in [-0.1, -0.05) is 30.3 Å². The summed E-state index contributed by atoms with van der Waals surface area (Å²) in [6.45, 7) is 0. The van der Waals surface area contributed by atoms with Gasteiger partial charge in [-0.3, -0.25) is 0 Å². The summed E-state index contributed by atoms with van der Waals surface area (Å²) in [5, 5.41) is 18.9. The van der Waals surface area contributed by atoms with Crippen molar-refractivity contribution in [2.24, 2.45) is 0 Å². The number of thiophene rings is 1. The summed E-state index contributed by atoms with van der Waals surface area (Å²) >= 11 is 1.58. The summed E-state index contributed by atoms with van der Waals surface area (Å²) in [6.07, 6.45) is 0.194. The Morgan fingerprint density at radius 2 is 1.84 bits per heavy atom. The van der Waals surface area contributed by atoms with Gasteiger partial charge < -0.3 is 10.2 Å². The zero-order valence-electron chi connectivity index (χ0n) is 10.2. The number of rotatable bonds is 4. The van der Waals surface area contributed by atoms with E-state index in [9.17, 15) is 9.90 Å². The molecule has 0 saturated heterocycles. The molecule has 98 valence electrons. The van der Waals surface area contributed by atoms with Crippen molar-refractivity contribution in [1.82, 2.24) is 0 Å². The fraction of sp³-hybridized carbons (Fsp3) is 0.267. The third-order valence-electron chi connectivity index (χ3n) is 3.70. The topological polar surface area (TPSA) is 57.5 Å². The Morgan fingerprint density at radius 1 is 1.16 bits per heavy atom. The highest BCUT2D eigenvalue weighted by molar-refractivity contribution is 7.15. The lowest BCUT2D eigenvalue weighted by Gasteiger charge is -2.16. The molecule has 2 aromatic rings. The first-order chi connectivity index (χ1) is 9.13. The second kappa shape index (κ2) is 4.47. The molecule has 2 N–H and O–H groups in total. The normalized spacial score (nSPS) is 17.9. The molecular formula is C15H14O3S. The highest BCUT2D eigenvalue weighted by Crippen LogP contribution is 2.54. The van der Waals surface area contributed by atoms with Crippen LogP contribution in [0, 0.1) is 0 Å². The molecule has 0 radical (unpaired) electrons. The highest BCUT2D eigenvalue weighted by Gasteiger charge is 2.54.